The molecule has 0 radical (unpaired) electrons. The quantitative estimate of drug-likeness (QED) is 0.707. The van der Waals surface area contributed by atoms with Gasteiger partial charge in [0.15, 0.2) is 5.13 Å². The van der Waals surface area contributed by atoms with Crippen molar-refractivity contribution < 1.29 is 14.3 Å². The Morgan fingerprint density at radius 2 is 2.37 bits per heavy atom. The molecule has 108 valence electrons. The van der Waals surface area contributed by atoms with Gasteiger partial charge in [0.05, 0.1) is 18.7 Å². The third kappa shape index (κ3) is 6.54. The van der Waals surface area contributed by atoms with E-state index in [2.05, 4.69) is 17.2 Å². The van der Waals surface area contributed by atoms with Gasteiger partial charge in [-0.2, -0.15) is 0 Å². The summed E-state index contributed by atoms with van der Waals surface area (Å²) in [6.07, 6.45) is 1.95. The molecule has 0 saturated heterocycles. The van der Waals surface area contributed by atoms with Crippen molar-refractivity contribution >= 4 is 22.4 Å². The molecule has 1 aromatic rings. The SMILES string of the molecule is CCOC(=O)CCc1csc(NC(C)CCOC)n1. The molecule has 1 heterocycles. The molecule has 0 aromatic carbocycles. The predicted octanol–water partition coefficient (Wildman–Crippen LogP) is 2.48. The molecule has 19 heavy (non-hydrogen) atoms. The van der Waals surface area contributed by atoms with E-state index in [-0.39, 0.29) is 5.97 Å². The predicted molar refractivity (Wildman–Crippen MR) is 76.6 cm³/mol. The van der Waals surface area contributed by atoms with Crippen molar-refractivity contribution in [2.24, 2.45) is 0 Å². The van der Waals surface area contributed by atoms with Gasteiger partial charge in [0, 0.05) is 31.6 Å². The second-order valence-electron chi connectivity index (χ2n) is 4.28. The highest BCUT2D eigenvalue weighted by molar-refractivity contribution is 7.13. The molecule has 0 amide bonds. The van der Waals surface area contributed by atoms with Gasteiger partial charge < -0.3 is 14.8 Å². The zero-order valence-electron chi connectivity index (χ0n) is 11.8. The molecule has 1 unspecified atom stereocenters. The van der Waals surface area contributed by atoms with Gasteiger partial charge in [-0.1, -0.05) is 0 Å². The lowest BCUT2D eigenvalue weighted by atomic mass is 10.2. The minimum absolute atomic E-state index is 0.168. The van der Waals surface area contributed by atoms with E-state index in [1.807, 2.05) is 12.3 Å². The number of anilines is 1. The minimum atomic E-state index is -0.168. The average Bonchev–Trinajstić information content (AvgIpc) is 2.82. The van der Waals surface area contributed by atoms with E-state index in [4.69, 9.17) is 9.47 Å². The van der Waals surface area contributed by atoms with Gasteiger partial charge in [-0.05, 0) is 20.3 Å². The number of nitrogens with one attached hydrogen (secondary N) is 1. The molecule has 1 atom stereocenters. The molecular formula is C13H22N2O3S. The van der Waals surface area contributed by atoms with Crippen LogP contribution in [-0.4, -0.2) is 37.3 Å². The van der Waals surface area contributed by atoms with Crippen molar-refractivity contribution in [2.45, 2.75) is 39.2 Å². The molecular weight excluding hydrogens is 264 g/mol. The molecule has 0 aliphatic carbocycles. The van der Waals surface area contributed by atoms with Gasteiger partial charge in [0.2, 0.25) is 0 Å². The summed E-state index contributed by atoms with van der Waals surface area (Å²) in [5, 5.41) is 6.19. The van der Waals surface area contributed by atoms with Crippen molar-refractivity contribution in [3.63, 3.8) is 0 Å². The second kappa shape index (κ2) is 8.87. The first-order valence-corrected chi connectivity index (χ1v) is 7.39. The maximum atomic E-state index is 11.2. The summed E-state index contributed by atoms with van der Waals surface area (Å²) >= 11 is 1.56. The fraction of sp³-hybridized carbons (Fsp3) is 0.692. The van der Waals surface area contributed by atoms with Crippen LogP contribution in [0.15, 0.2) is 5.38 Å². The molecule has 0 spiro atoms. The summed E-state index contributed by atoms with van der Waals surface area (Å²) in [4.78, 5) is 15.7. The van der Waals surface area contributed by atoms with Crippen molar-refractivity contribution in [1.82, 2.24) is 4.98 Å². The number of rotatable bonds is 9. The van der Waals surface area contributed by atoms with E-state index in [9.17, 15) is 4.79 Å². The maximum Gasteiger partial charge on any atom is 0.306 e. The Morgan fingerprint density at radius 1 is 1.58 bits per heavy atom. The molecule has 5 nitrogen and oxygen atoms in total. The summed E-state index contributed by atoms with van der Waals surface area (Å²) in [5.41, 5.74) is 0.930. The Balaban J connectivity index is 2.33. The topological polar surface area (TPSA) is 60.5 Å². The molecule has 1 rings (SSSR count). The highest BCUT2D eigenvalue weighted by atomic mass is 32.1. The van der Waals surface area contributed by atoms with Crippen molar-refractivity contribution in [3.8, 4) is 0 Å². The van der Waals surface area contributed by atoms with Gasteiger partial charge in [-0.15, -0.1) is 11.3 Å². The lowest BCUT2D eigenvalue weighted by Gasteiger charge is -2.11. The summed E-state index contributed by atoms with van der Waals surface area (Å²) in [6, 6.07) is 0.323. The van der Waals surface area contributed by atoms with Gasteiger partial charge in [-0.25, -0.2) is 4.98 Å². The monoisotopic (exact) mass is 286 g/mol. The number of aryl methyl sites for hydroxylation is 1. The van der Waals surface area contributed by atoms with Crippen LogP contribution >= 0.6 is 11.3 Å². The molecule has 0 saturated carbocycles. The number of aromatic nitrogens is 1. The smallest absolute Gasteiger partial charge is 0.306 e. The largest absolute Gasteiger partial charge is 0.466 e. The standard InChI is InChI=1S/C13H22N2O3S/c1-4-18-12(16)6-5-11-9-19-13(15-11)14-10(2)7-8-17-3/h9-10H,4-8H2,1-3H3,(H,14,15). The number of carbonyl (C=O) groups excluding carboxylic acids is 1. The van der Waals surface area contributed by atoms with E-state index in [1.165, 1.54) is 0 Å². The molecule has 0 fully saturated rings. The Kier molecular flexibility index (Phi) is 7.43. The Hall–Kier alpha value is -1.14. The van der Waals surface area contributed by atoms with Crippen molar-refractivity contribution in [1.29, 1.82) is 0 Å². The van der Waals surface area contributed by atoms with Gasteiger partial charge in [-0.3, -0.25) is 4.79 Å². The third-order valence-electron chi connectivity index (χ3n) is 2.57. The fourth-order valence-corrected chi connectivity index (χ4v) is 2.39. The molecule has 6 heteroatoms. The van der Waals surface area contributed by atoms with E-state index in [0.717, 1.165) is 23.9 Å². The van der Waals surface area contributed by atoms with Crippen LogP contribution in [0.5, 0.6) is 0 Å². The Labute approximate surface area is 118 Å². The highest BCUT2D eigenvalue weighted by Gasteiger charge is 2.08. The third-order valence-corrected chi connectivity index (χ3v) is 3.39. The van der Waals surface area contributed by atoms with E-state index in [0.29, 0.717) is 25.5 Å². The zero-order valence-corrected chi connectivity index (χ0v) is 12.6. The number of hydrogen-bond acceptors (Lipinski definition) is 6. The lowest BCUT2D eigenvalue weighted by Crippen LogP contribution is -2.17. The normalized spacial score (nSPS) is 12.2. The summed E-state index contributed by atoms with van der Waals surface area (Å²) in [6.45, 7) is 5.07. The fourth-order valence-electron chi connectivity index (χ4n) is 1.53. The molecule has 1 aromatic heterocycles. The van der Waals surface area contributed by atoms with Crippen LogP contribution in [0.1, 0.15) is 32.4 Å². The number of esters is 1. The molecule has 0 aliphatic rings. The van der Waals surface area contributed by atoms with Gasteiger partial charge in [0.1, 0.15) is 0 Å². The van der Waals surface area contributed by atoms with Crippen LogP contribution < -0.4 is 5.32 Å². The van der Waals surface area contributed by atoms with Crippen molar-refractivity contribution in [3.05, 3.63) is 11.1 Å². The lowest BCUT2D eigenvalue weighted by molar-refractivity contribution is -0.143. The summed E-state index contributed by atoms with van der Waals surface area (Å²) in [7, 11) is 1.70. The number of ether oxygens (including phenoxy) is 2. The zero-order chi connectivity index (χ0) is 14.1. The summed E-state index contributed by atoms with van der Waals surface area (Å²) < 4.78 is 9.92. The highest BCUT2D eigenvalue weighted by Crippen LogP contribution is 2.18. The molecule has 1 N–H and O–H groups in total. The first kappa shape index (κ1) is 15.9. The molecule has 0 bridgehead atoms. The second-order valence-corrected chi connectivity index (χ2v) is 5.13. The van der Waals surface area contributed by atoms with E-state index < -0.39 is 0 Å². The van der Waals surface area contributed by atoms with Crippen LogP contribution in [0.25, 0.3) is 0 Å². The Bertz CT molecular complexity index is 382. The summed E-state index contributed by atoms with van der Waals surface area (Å²) in [5.74, 6) is -0.168. The molecule has 0 aliphatic heterocycles. The maximum absolute atomic E-state index is 11.2. The van der Waals surface area contributed by atoms with Crippen LogP contribution in [0.3, 0.4) is 0 Å². The van der Waals surface area contributed by atoms with E-state index in [1.54, 1.807) is 18.4 Å². The average molecular weight is 286 g/mol. The van der Waals surface area contributed by atoms with Crippen LogP contribution in [0.2, 0.25) is 0 Å². The van der Waals surface area contributed by atoms with E-state index >= 15 is 0 Å². The Morgan fingerprint density at radius 3 is 3.05 bits per heavy atom. The van der Waals surface area contributed by atoms with Gasteiger partial charge >= 0.3 is 5.97 Å². The van der Waals surface area contributed by atoms with Crippen LogP contribution in [0, 0.1) is 0 Å². The van der Waals surface area contributed by atoms with Crippen LogP contribution in [-0.2, 0) is 20.7 Å². The van der Waals surface area contributed by atoms with Crippen molar-refractivity contribution in [2.75, 3.05) is 25.6 Å². The van der Waals surface area contributed by atoms with Gasteiger partial charge in [0.25, 0.3) is 0 Å². The van der Waals surface area contributed by atoms with Crippen LogP contribution in [0.4, 0.5) is 5.13 Å². The number of thiazole rings is 1. The number of hydrogen-bond donors (Lipinski definition) is 1. The minimum Gasteiger partial charge on any atom is -0.466 e. The number of nitrogens with zero attached hydrogens (tertiary/aromatic N) is 1. The first-order chi connectivity index (χ1) is 9.15. The number of methoxy groups -OCH3 is 1. The first-order valence-electron chi connectivity index (χ1n) is 6.51. The number of carbonyl (C=O) groups is 1.